The van der Waals surface area contributed by atoms with Gasteiger partial charge in [-0.05, 0) is 92.7 Å². The van der Waals surface area contributed by atoms with E-state index in [0.717, 1.165) is 0 Å². The van der Waals surface area contributed by atoms with Crippen molar-refractivity contribution in [1.82, 2.24) is 4.57 Å². The third-order valence-corrected chi connectivity index (χ3v) is 11.3. The Morgan fingerprint density at radius 2 is 1.22 bits per heavy atom. The first kappa shape index (κ1) is 25.2. The van der Waals surface area contributed by atoms with E-state index in [2.05, 4.69) is 158 Å². The fourth-order valence-electron chi connectivity index (χ4n) is 7.98. The van der Waals surface area contributed by atoms with Crippen LogP contribution in [-0.4, -0.2) is 4.57 Å². The molecule has 0 radical (unpaired) electrons. The molecule has 0 aliphatic heterocycles. The zero-order chi connectivity index (χ0) is 29.9. The van der Waals surface area contributed by atoms with Gasteiger partial charge in [-0.2, -0.15) is 0 Å². The van der Waals surface area contributed by atoms with Crippen LogP contribution in [0, 0.1) is 0 Å². The highest BCUT2D eigenvalue weighted by atomic mass is 32.1. The van der Waals surface area contributed by atoms with E-state index in [1.54, 1.807) is 0 Å². The van der Waals surface area contributed by atoms with Gasteiger partial charge >= 0.3 is 0 Å². The molecule has 212 valence electrons. The summed E-state index contributed by atoms with van der Waals surface area (Å²) in [7, 11) is 0. The fourth-order valence-corrected chi connectivity index (χ4v) is 9.10. The normalized spacial score (nSPS) is 13.7. The van der Waals surface area contributed by atoms with Crippen molar-refractivity contribution in [3.8, 4) is 27.9 Å². The summed E-state index contributed by atoms with van der Waals surface area (Å²) in [6.45, 7) is 4.73. The molecule has 2 heteroatoms. The number of nitrogens with zero attached hydrogens (tertiary/aromatic N) is 1. The Morgan fingerprint density at radius 3 is 2.16 bits per heavy atom. The van der Waals surface area contributed by atoms with Gasteiger partial charge in [-0.3, -0.25) is 0 Å². The van der Waals surface area contributed by atoms with Gasteiger partial charge in [-0.25, -0.2) is 0 Å². The largest absolute Gasteiger partial charge is 0.309 e. The lowest BCUT2D eigenvalue weighted by atomic mass is 9.82. The monoisotopic (exact) mass is 591 g/mol. The summed E-state index contributed by atoms with van der Waals surface area (Å²) < 4.78 is 5.17. The topological polar surface area (TPSA) is 4.93 Å². The highest BCUT2D eigenvalue weighted by Crippen LogP contribution is 2.50. The number of hydrogen-bond acceptors (Lipinski definition) is 1. The number of benzene rings is 7. The van der Waals surface area contributed by atoms with Crippen LogP contribution in [0.15, 0.2) is 140 Å². The zero-order valence-electron chi connectivity index (χ0n) is 25.1. The Morgan fingerprint density at radius 1 is 0.489 bits per heavy atom. The molecule has 7 aromatic carbocycles. The second-order valence-corrected chi connectivity index (χ2v) is 14.0. The zero-order valence-corrected chi connectivity index (χ0v) is 26.0. The van der Waals surface area contributed by atoms with Gasteiger partial charge in [0.05, 0.1) is 11.0 Å². The molecule has 0 amide bonds. The Kier molecular flexibility index (Phi) is 5.00. The van der Waals surface area contributed by atoms with Gasteiger partial charge in [0.1, 0.15) is 0 Å². The van der Waals surface area contributed by atoms with Crippen LogP contribution in [-0.2, 0) is 5.41 Å². The predicted molar refractivity (Wildman–Crippen MR) is 194 cm³/mol. The average Bonchev–Trinajstić information content (AvgIpc) is 3.69. The Balaban J connectivity index is 1.29. The van der Waals surface area contributed by atoms with Gasteiger partial charge in [0.25, 0.3) is 0 Å². The Labute approximate surface area is 265 Å². The smallest absolute Gasteiger partial charge is 0.0548 e. The number of aromatic nitrogens is 1. The van der Waals surface area contributed by atoms with Crippen LogP contribution < -0.4 is 0 Å². The minimum absolute atomic E-state index is 0.0548. The molecule has 0 N–H and O–H groups in total. The van der Waals surface area contributed by atoms with Crippen molar-refractivity contribution >= 4 is 64.1 Å². The van der Waals surface area contributed by atoms with Crippen LogP contribution in [0.3, 0.4) is 0 Å². The number of thiophene rings is 1. The second kappa shape index (κ2) is 8.94. The molecule has 1 nitrogen and oxygen atoms in total. The number of rotatable bonds is 2. The van der Waals surface area contributed by atoms with Crippen LogP contribution in [0.2, 0.25) is 0 Å². The van der Waals surface area contributed by atoms with Crippen molar-refractivity contribution < 1.29 is 0 Å². The molecule has 1 aliphatic rings. The first-order chi connectivity index (χ1) is 22.1. The van der Waals surface area contributed by atoms with E-state index in [9.17, 15) is 0 Å². The first-order valence-electron chi connectivity index (χ1n) is 15.7. The van der Waals surface area contributed by atoms with Crippen LogP contribution in [0.5, 0.6) is 0 Å². The first-order valence-corrected chi connectivity index (χ1v) is 16.5. The molecule has 0 saturated heterocycles. The molecule has 0 spiro atoms. The molecule has 0 fully saturated rings. The minimum Gasteiger partial charge on any atom is -0.309 e. The van der Waals surface area contributed by atoms with Crippen LogP contribution >= 0.6 is 11.3 Å². The van der Waals surface area contributed by atoms with E-state index in [-0.39, 0.29) is 5.41 Å². The Bertz CT molecular complexity index is 2680. The average molecular weight is 592 g/mol. The molecule has 0 atom stereocenters. The predicted octanol–water partition coefficient (Wildman–Crippen LogP) is 12.3. The quantitative estimate of drug-likeness (QED) is 0.188. The summed E-state index contributed by atoms with van der Waals surface area (Å²) in [4.78, 5) is 0. The van der Waals surface area contributed by atoms with Crippen LogP contribution in [0.1, 0.15) is 25.0 Å². The maximum Gasteiger partial charge on any atom is 0.0548 e. The van der Waals surface area contributed by atoms with E-state index < -0.39 is 0 Å². The summed E-state index contributed by atoms with van der Waals surface area (Å²) in [5.74, 6) is 0. The third kappa shape index (κ3) is 3.43. The number of fused-ring (bicyclic) bond motifs is 11. The highest BCUT2D eigenvalue weighted by molar-refractivity contribution is 7.26. The van der Waals surface area contributed by atoms with E-state index in [1.807, 2.05) is 11.3 Å². The summed E-state index contributed by atoms with van der Waals surface area (Å²) >= 11 is 1.89. The van der Waals surface area contributed by atoms with E-state index >= 15 is 0 Å². The van der Waals surface area contributed by atoms with Gasteiger partial charge in [0.2, 0.25) is 0 Å². The molecule has 2 aromatic heterocycles. The lowest BCUT2D eigenvalue weighted by Crippen LogP contribution is -2.15. The standard InChI is InChI=1S/C43H29NS/c1-43(2)35-13-7-5-11-31(35)32-19-18-30(25-36(32)43)44-37-20-17-29(28-16-15-26-9-3-4-10-27(26)23-28)24-34(37)41-38(44)21-22-40-42(41)33-12-6-8-14-39(33)45-40/h3-25H,1-2H3. The highest BCUT2D eigenvalue weighted by Gasteiger charge is 2.35. The maximum atomic E-state index is 2.50. The van der Waals surface area contributed by atoms with E-state index in [0.29, 0.717) is 0 Å². The minimum atomic E-state index is -0.0548. The molecular formula is C43H29NS. The molecule has 0 unspecified atom stereocenters. The van der Waals surface area contributed by atoms with E-state index in [1.165, 1.54) is 91.8 Å². The summed E-state index contributed by atoms with van der Waals surface area (Å²) in [6, 6.07) is 52.1. The van der Waals surface area contributed by atoms with Crippen molar-refractivity contribution in [2.45, 2.75) is 19.3 Å². The lowest BCUT2D eigenvalue weighted by Gasteiger charge is -2.22. The van der Waals surface area contributed by atoms with E-state index in [4.69, 9.17) is 0 Å². The molecule has 45 heavy (non-hydrogen) atoms. The Hall–Kier alpha value is -5.18. The van der Waals surface area contributed by atoms with Gasteiger partial charge in [0, 0.05) is 42.0 Å². The van der Waals surface area contributed by atoms with Gasteiger partial charge in [0.15, 0.2) is 0 Å². The summed E-state index contributed by atoms with van der Waals surface area (Å²) in [6.07, 6.45) is 0. The molecule has 1 aliphatic carbocycles. The van der Waals surface area contributed by atoms with Crippen molar-refractivity contribution in [1.29, 1.82) is 0 Å². The number of hydrogen-bond donors (Lipinski definition) is 0. The summed E-state index contributed by atoms with van der Waals surface area (Å²) in [5, 5.41) is 7.88. The fraction of sp³-hybridized carbons (Fsp3) is 0.0698. The van der Waals surface area contributed by atoms with Gasteiger partial charge in [-0.1, -0.05) is 105 Å². The van der Waals surface area contributed by atoms with Crippen molar-refractivity contribution in [2.75, 3.05) is 0 Å². The van der Waals surface area contributed by atoms with Crippen molar-refractivity contribution in [3.63, 3.8) is 0 Å². The summed E-state index contributed by atoms with van der Waals surface area (Å²) in [5.41, 5.74) is 11.7. The van der Waals surface area contributed by atoms with Gasteiger partial charge < -0.3 is 4.57 Å². The molecular weight excluding hydrogens is 563 g/mol. The molecule has 0 bridgehead atoms. The van der Waals surface area contributed by atoms with Crippen LogP contribution in [0.25, 0.3) is 80.7 Å². The molecule has 0 saturated carbocycles. The van der Waals surface area contributed by atoms with Crippen LogP contribution in [0.4, 0.5) is 0 Å². The second-order valence-electron chi connectivity index (χ2n) is 13.0. The van der Waals surface area contributed by atoms with Crippen molar-refractivity contribution in [3.05, 3.63) is 151 Å². The lowest BCUT2D eigenvalue weighted by molar-refractivity contribution is 0.660. The maximum absolute atomic E-state index is 2.50. The molecule has 2 heterocycles. The third-order valence-electron chi connectivity index (χ3n) is 10.2. The van der Waals surface area contributed by atoms with Gasteiger partial charge in [-0.15, -0.1) is 11.3 Å². The SMILES string of the molecule is CC1(C)c2ccccc2-c2ccc(-n3c4ccc(-c5ccc6ccccc6c5)cc4c4c5c(ccc43)sc3ccccc35)cc21. The van der Waals surface area contributed by atoms with Crippen molar-refractivity contribution in [2.24, 2.45) is 0 Å². The molecule has 9 aromatic rings. The molecule has 10 rings (SSSR count).